The number of Topliss-reactive ketones (excluding diaryl/α,β-unsaturated/α-hetero) is 1. The summed E-state index contributed by atoms with van der Waals surface area (Å²) in [6.45, 7) is 4.34. The van der Waals surface area contributed by atoms with Crippen molar-refractivity contribution in [2.45, 2.75) is 44.6 Å². The standard InChI is InChI=1S/C23H28FNO2/c1-18-16-20(24)9-10-21(18)22(26)8-5-13-25-14-11-23(27,12-15-25)17-19-6-3-2-4-7-19/h2-4,6-7,9-10,16,27H,5,8,11-15,17H2,1H3. The van der Waals surface area contributed by atoms with Crippen LogP contribution in [0.1, 0.15) is 47.2 Å². The zero-order chi connectivity index (χ0) is 19.3. The lowest BCUT2D eigenvalue weighted by atomic mass is 9.85. The molecule has 0 unspecified atom stereocenters. The number of aliphatic hydroxyl groups is 1. The summed E-state index contributed by atoms with van der Waals surface area (Å²) >= 11 is 0. The van der Waals surface area contributed by atoms with Crippen LogP contribution in [0.2, 0.25) is 0 Å². The van der Waals surface area contributed by atoms with Gasteiger partial charge in [-0.2, -0.15) is 0 Å². The summed E-state index contributed by atoms with van der Waals surface area (Å²) in [5, 5.41) is 10.8. The van der Waals surface area contributed by atoms with E-state index in [1.54, 1.807) is 13.0 Å². The molecule has 1 saturated heterocycles. The van der Waals surface area contributed by atoms with Crippen LogP contribution in [0, 0.1) is 12.7 Å². The average Bonchev–Trinajstić information content (AvgIpc) is 2.64. The fraction of sp³-hybridized carbons (Fsp3) is 0.435. The number of aryl methyl sites for hydroxylation is 1. The molecule has 0 aliphatic carbocycles. The Bertz CT molecular complexity index is 767. The Morgan fingerprint density at radius 1 is 1.15 bits per heavy atom. The molecule has 1 aliphatic heterocycles. The van der Waals surface area contributed by atoms with E-state index in [1.165, 1.54) is 17.7 Å². The summed E-state index contributed by atoms with van der Waals surface area (Å²) < 4.78 is 13.2. The van der Waals surface area contributed by atoms with Gasteiger partial charge in [0.05, 0.1) is 5.60 Å². The number of carbonyl (C=O) groups excluding carboxylic acids is 1. The molecule has 1 aliphatic rings. The minimum atomic E-state index is -0.626. The number of nitrogens with zero attached hydrogens (tertiary/aromatic N) is 1. The van der Waals surface area contributed by atoms with Gasteiger partial charge in [0.2, 0.25) is 0 Å². The van der Waals surface area contributed by atoms with E-state index in [0.717, 1.165) is 38.9 Å². The second-order valence-electron chi connectivity index (χ2n) is 7.71. The van der Waals surface area contributed by atoms with Crippen molar-refractivity contribution in [1.29, 1.82) is 0 Å². The monoisotopic (exact) mass is 369 g/mol. The van der Waals surface area contributed by atoms with Gasteiger partial charge < -0.3 is 10.0 Å². The lowest BCUT2D eigenvalue weighted by Crippen LogP contribution is -2.45. The maximum Gasteiger partial charge on any atom is 0.163 e. The number of likely N-dealkylation sites (tertiary alicyclic amines) is 1. The van der Waals surface area contributed by atoms with Gasteiger partial charge in [0.25, 0.3) is 0 Å². The fourth-order valence-electron chi connectivity index (χ4n) is 3.88. The Labute approximate surface area is 160 Å². The van der Waals surface area contributed by atoms with Gasteiger partial charge in [-0.15, -0.1) is 0 Å². The van der Waals surface area contributed by atoms with E-state index < -0.39 is 5.60 Å². The topological polar surface area (TPSA) is 40.5 Å². The summed E-state index contributed by atoms with van der Waals surface area (Å²) in [6, 6.07) is 14.5. The van der Waals surface area contributed by atoms with Gasteiger partial charge in [0, 0.05) is 31.5 Å². The number of hydrogen-bond acceptors (Lipinski definition) is 3. The number of carbonyl (C=O) groups is 1. The lowest BCUT2D eigenvalue weighted by Gasteiger charge is -2.38. The van der Waals surface area contributed by atoms with Gasteiger partial charge in [-0.1, -0.05) is 30.3 Å². The fourth-order valence-corrected chi connectivity index (χ4v) is 3.88. The van der Waals surface area contributed by atoms with Crippen LogP contribution in [0.25, 0.3) is 0 Å². The number of hydrogen-bond donors (Lipinski definition) is 1. The highest BCUT2D eigenvalue weighted by atomic mass is 19.1. The molecule has 2 aromatic rings. The average molecular weight is 369 g/mol. The molecule has 1 heterocycles. The highest BCUT2D eigenvalue weighted by Gasteiger charge is 2.32. The van der Waals surface area contributed by atoms with E-state index in [9.17, 15) is 14.3 Å². The first-order valence-corrected chi connectivity index (χ1v) is 9.73. The first-order chi connectivity index (χ1) is 13.0. The van der Waals surface area contributed by atoms with Crippen molar-refractivity contribution < 1.29 is 14.3 Å². The highest BCUT2D eigenvalue weighted by Crippen LogP contribution is 2.26. The third-order valence-corrected chi connectivity index (χ3v) is 5.53. The van der Waals surface area contributed by atoms with Crippen LogP contribution in [-0.2, 0) is 6.42 Å². The van der Waals surface area contributed by atoms with E-state index in [2.05, 4.69) is 17.0 Å². The number of piperidine rings is 1. The minimum absolute atomic E-state index is 0.0742. The van der Waals surface area contributed by atoms with E-state index in [0.29, 0.717) is 24.0 Å². The summed E-state index contributed by atoms with van der Waals surface area (Å²) in [4.78, 5) is 14.7. The van der Waals surface area contributed by atoms with Crippen LogP contribution < -0.4 is 0 Å². The molecule has 0 atom stereocenters. The molecule has 0 radical (unpaired) electrons. The zero-order valence-corrected chi connectivity index (χ0v) is 16.0. The summed E-state index contributed by atoms with van der Waals surface area (Å²) in [5.74, 6) is -0.231. The maximum atomic E-state index is 13.2. The first-order valence-electron chi connectivity index (χ1n) is 9.73. The van der Waals surface area contributed by atoms with E-state index in [-0.39, 0.29) is 11.6 Å². The van der Waals surface area contributed by atoms with Crippen molar-refractivity contribution >= 4 is 5.78 Å². The predicted octanol–water partition coefficient (Wildman–Crippen LogP) is 4.17. The SMILES string of the molecule is Cc1cc(F)ccc1C(=O)CCCN1CCC(O)(Cc2ccccc2)CC1. The van der Waals surface area contributed by atoms with Crippen molar-refractivity contribution in [3.8, 4) is 0 Å². The van der Waals surface area contributed by atoms with Gasteiger partial charge in [0.1, 0.15) is 5.82 Å². The van der Waals surface area contributed by atoms with Gasteiger partial charge in [-0.25, -0.2) is 4.39 Å². The molecule has 0 spiro atoms. The Morgan fingerprint density at radius 3 is 2.52 bits per heavy atom. The summed E-state index contributed by atoms with van der Waals surface area (Å²) in [6.07, 6.45) is 3.47. The van der Waals surface area contributed by atoms with Crippen molar-refractivity contribution in [2.24, 2.45) is 0 Å². The molecule has 144 valence electrons. The molecule has 0 amide bonds. The quantitative estimate of drug-likeness (QED) is 0.745. The molecular weight excluding hydrogens is 341 g/mol. The molecular formula is C23H28FNO2. The molecule has 4 heteroatoms. The van der Waals surface area contributed by atoms with Crippen molar-refractivity contribution in [3.05, 3.63) is 71.0 Å². The molecule has 27 heavy (non-hydrogen) atoms. The molecule has 3 rings (SSSR count). The maximum absolute atomic E-state index is 13.2. The van der Waals surface area contributed by atoms with Crippen molar-refractivity contribution in [3.63, 3.8) is 0 Å². The van der Waals surface area contributed by atoms with Crippen LogP contribution in [0.15, 0.2) is 48.5 Å². The zero-order valence-electron chi connectivity index (χ0n) is 16.0. The Hall–Kier alpha value is -2.04. The number of benzene rings is 2. The number of ketones is 1. The third-order valence-electron chi connectivity index (χ3n) is 5.53. The molecule has 0 aromatic heterocycles. The van der Waals surface area contributed by atoms with Crippen LogP contribution in [0.4, 0.5) is 4.39 Å². The van der Waals surface area contributed by atoms with E-state index >= 15 is 0 Å². The number of halogens is 1. The second-order valence-corrected chi connectivity index (χ2v) is 7.71. The van der Waals surface area contributed by atoms with Crippen molar-refractivity contribution in [2.75, 3.05) is 19.6 Å². The van der Waals surface area contributed by atoms with Gasteiger partial charge in [-0.3, -0.25) is 4.79 Å². The molecule has 1 fully saturated rings. The van der Waals surface area contributed by atoms with Crippen molar-refractivity contribution in [1.82, 2.24) is 4.90 Å². The third kappa shape index (κ3) is 5.47. The Kier molecular flexibility index (Phi) is 6.40. The number of rotatable bonds is 7. The molecule has 1 N–H and O–H groups in total. The van der Waals surface area contributed by atoms with Crippen LogP contribution in [0.3, 0.4) is 0 Å². The second kappa shape index (κ2) is 8.77. The van der Waals surface area contributed by atoms with Crippen LogP contribution in [-0.4, -0.2) is 41.0 Å². The Balaban J connectivity index is 1.42. The van der Waals surface area contributed by atoms with E-state index in [4.69, 9.17) is 0 Å². The van der Waals surface area contributed by atoms with Gasteiger partial charge >= 0.3 is 0 Å². The predicted molar refractivity (Wildman–Crippen MR) is 105 cm³/mol. The molecule has 0 bridgehead atoms. The highest BCUT2D eigenvalue weighted by molar-refractivity contribution is 5.97. The minimum Gasteiger partial charge on any atom is -0.389 e. The summed E-state index contributed by atoms with van der Waals surface area (Å²) in [5.41, 5.74) is 1.86. The summed E-state index contributed by atoms with van der Waals surface area (Å²) in [7, 11) is 0. The smallest absolute Gasteiger partial charge is 0.163 e. The lowest BCUT2D eigenvalue weighted by molar-refractivity contribution is -0.0207. The van der Waals surface area contributed by atoms with Gasteiger partial charge in [0.15, 0.2) is 5.78 Å². The largest absolute Gasteiger partial charge is 0.389 e. The molecule has 3 nitrogen and oxygen atoms in total. The molecule has 2 aromatic carbocycles. The van der Waals surface area contributed by atoms with Gasteiger partial charge in [-0.05, 0) is 62.1 Å². The van der Waals surface area contributed by atoms with Crippen LogP contribution >= 0.6 is 0 Å². The first kappa shape index (κ1) is 19.7. The van der Waals surface area contributed by atoms with E-state index in [1.807, 2.05) is 18.2 Å². The Morgan fingerprint density at radius 2 is 1.85 bits per heavy atom. The van der Waals surface area contributed by atoms with Crippen LogP contribution in [0.5, 0.6) is 0 Å². The normalized spacial score (nSPS) is 17.0. The molecule has 0 saturated carbocycles.